The first-order valence-corrected chi connectivity index (χ1v) is 15.7. The van der Waals surface area contributed by atoms with Crippen molar-refractivity contribution in [2.45, 2.75) is 32.4 Å². The topological polar surface area (TPSA) is 171 Å². The molecule has 0 spiro atoms. The van der Waals surface area contributed by atoms with Gasteiger partial charge in [0.25, 0.3) is 0 Å². The molecule has 0 aromatic carbocycles. The van der Waals surface area contributed by atoms with Gasteiger partial charge in [0, 0.05) is 97.2 Å². The molecule has 0 amide bonds. The Morgan fingerprint density at radius 3 is 1.39 bits per heavy atom. The molecular formula is C32H47N7O7. The second-order valence-corrected chi connectivity index (χ2v) is 11.6. The van der Waals surface area contributed by atoms with Crippen molar-refractivity contribution in [3.8, 4) is 0 Å². The van der Waals surface area contributed by atoms with Gasteiger partial charge in [-0.05, 0) is 37.2 Å². The molecular weight excluding hydrogens is 594 g/mol. The monoisotopic (exact) mass is 641 g/mol. The summed E-state index contributed by atoms with van der Waals surface area (Å²) in [4.78, 5) is 65.9. The van der Waals surface area contributed by atoms with Crippen LogP contribution in [-0.2, 0) is 32.3 Å². The fourth-order valence-electron chi connectivity index (χ4n) is 5.41. The summed E-state index contributed by atoms with van der Waals surface area (Å²) in [5.41, 5.74) is 1.90. The lowest BCUT2D eigenvalue weighted by Crippen LogP contribution is -2.48. The molecule has 252 valence electrons. The molecule has 1 aliphatic rings. The highest BCUT2D eigenvalue weighted by Crippen LogP contribution is 2.10. The number of Topliss-reactive ketones (excluding diaryl/α,β-unsaturated/α-hetero) is 1. The lowest BCUT2D eigenvalue weighted by Gasteiger charge is -2.33. The van der Waals surface area contributed by atoms with Crippen LogP contribution in [0.5, 0.6) is 0 Å². The second kappa shape index (κ2) is 20.3. The molecule has 0 aliphatic carbocycles. The Bertz CT molecular complexity index is 1150. The summed E-state index contributed by atoms with van der Waals surface area (Å²) in [5, 5.41) is 28.2. The minimum Gasteiger partial charge on any atom is -0.480 e. The number of carbonyl (C=O) groups is 4. The van der Waals surface area contributed by atoms with Gasteiger partial charge in [-0.2, -0.15) is 0 Å². The van der Waals surface area contributed by atoms with Crippen LogP contribution in [0.25, 0.3) is 0 Å². The van der Waals surface area contributed by atoms with Crippen LogP contribution in [0.15, 0.2) is 48.8 Å². The van der Waals surface area contributed by atoms with Crippen LogP contribution in [0.4, 0.5) is 0 Å². The van der Waals surface area contributed by atoms with Crippen LogP contribution >= 0.6 is 0 Å². The fraction of sp³-hybridized carbons (Fsp3) is 0.562. The Hall–Kier alpha value is -3.82. The number of carboxylic acids is 3. The second-order valence-electron chi connectivity index (χ2n) is 11.6. The van der Waals surface area contributed by atoms with Gasteiger partial charge in [-0.1, -0.05) is 12.1 Å². The smallest absolute Gasteiger partial charge is 0.317 e. The molecule has 0 bridgehead atoms. The van der Waals surface area contributed by atoms with E-state index in [-0.39, 0.29) is 25.4 Å². The number of ketones is 1. The van der Waals surface area contributed by atoms with Gasteiger partial charge in [0.15, 0.2) is 0 Å². The largest absolute Gasteiger partial charge is 0.480 e. The summed E-state index contributed by atoms with van der Waals surface area (Å²) in [5.74, 6) is -2.79. The molecule has 0 saturated carbocycles. The summed E-state index contributed by atoms with van der Waals surface area (Å²) in [6, 6.07) is 11.6. The number of aliphatic carboxylic acids is 3. The molecule has 14 nitrogen and oxygen atoms in total. The zero-order chi connectivity index (χ0) is 33.1. The van der Waals surface area contributed by atoms with Crippen molar-refractivity contribution in [3.63, 3.8) is 0 Å². The molecule has 2 aromatic rings. The van der Waals surface area contributed by atoms with E-state index < -0.39 is 17.9 Å². The lowest BCUT2D eigenvalue weighted by atomic mass is 10.1. The minimum atomic E-state index is -0.994. The van der Waals surface area contributed by atoms with Crippen molar-refractivity contribution in [1.29, 1.82) is 0 Å². The number of hydrogen-bond donors (Lipinski definition) is 3. The zero-order valence-corrected chi connectivity index (χ0v) is 26.5. The number of pyridine rings is 2. The number of nitrogens with zero attached hydrogens (tertiary/aromatic N) is 7. The van der Waals surface area contributed by atoms with Crippen LogP contribution in [0.2, 0.25) is 0 Å². The van der Waals surface area contributed by atoms with E-state index in [1.807, 2.05) is 36.4 Å². The van der Waals surface area contributed by atoms with Gasteiger partial charge in [-0.15, -0.1) is 0 Å². The maximum Gasteiger partial charge on any atom is 0.317 e. The standard InChI is InChI=1S/C32H47N7O7/c40-29(8-5-12-39(22-27-6-1-3-10-33-27)23-28-7-2-4-11-34-28)9-13-35-14-16-36(24-30(41)42)18-20-38(26-32(45)46)21-19-37(17-15-35)25-31(43)44/h1-4,6-7,10-11H,5,8-9,12-26H2,(H,41,42)(H,43,44)(H,45,46). The summed E-state index contributed by atoms with van der Waals surface area (Å²) in [7, 11) is 0. The SMILES string of the molecule is O=C(O)CN1CCN(CCC(=O)CCCN(Cc2ccccn2)Cc2ccccn2)CCN(CC(=O)O)CCN(CC(=O)O)CC1. The molecule has 46 heavy (non-hydrogen) atoms. The van der Waals surface area contributed by atoms with Crippen LogP contribution in [0, 0.1) is 0 Å². The summed E-state index contributed by atoms with van der Waals surface area (Å²) >= 11 is 0. The van der Waals surface area contributed by atoms with E-state index >= 15 is 0 Å². The number of aromatic nitrogens is 2. The van der Waals surface area contributed by atoms with E-state index in [0.717, 1.165) is 11.4 Å². The molecule has 14 heteroatoms. The molecule has 3 rings (SSSR count). The third kappa shape index (κ3) is 15.5. The molecule has 1 fully saturated rings. The third-order valence-electron chi connectivity index (χ3n) is 7.87. The average molecular weight is 642 g/mol. The molecule has 3 heterocycles. The first kappa shape index (κ1) is 36.6. The van der Waals surface area contributed by atoms with E-state index in [1.165, 1.54) is 0 Å². The van der Waals surface area contributed by atoms with Crippen molar-refractivity contribution < 1.29 is 34.5 Å². The highest BCUT2D eigenvalue weighted by Gasteiger charge is 2.20. The summed E-state index contributed by atoms with van der Waals surface area (Å²) in [6.07, 6.45) is 4.98. The maximum atomic E-state index is 13.0. The summed E-state index contributed by atoms with van der Waals surface area (Å²) in [6.45, 7) is 5.19. The van der Waals surface area contributed by atoms with Crippen molar-refractivity contribution in [2.75, 3.05) is 85.1 Å². The molecule has 0 atom stereocenters. The van der Waals surface area contributed by atoms with Gasteiger partial charge in [0.05, 0.1) is 31.0 Å². The summed E-state index contributed by atoms with van der Waals surface area (Å²) < 4.78 is 0. The molecule has 0 unspecified atom stereocenters. The van der Waals surface area contributed by atoms with Gasteiger partial charge < -0.3 is 20.2 Å². The number of carboxylic acid groups (broad SMARTS) is 3. The third-order valence-corrected chi connectivity index (χ3v) is 7.87. The van der Waals surface area contributed by atoms with Crippen molar-refractivity contribution in [2.24, 2.45) is 0 Å². The molecule has 1 saturated heterocycles. The molecule has 2 aromatic heterocycles. The van der Waals surface area contributed by atoms with Crippen molar-refractivity contribution in [3.05, 3.63) is 60.2 Å². The van der Waals surface area contributed by atoms with Crippen LogP contribution in [0.3, 0.4) is 0 Å². The molecule has 1 aliphatic heterocycles. The molecule has 3 N–H and O–H groups in total. The Kier molecular flexibility index (Phi) is 16.2. The van der Waals surface area contributed by atoms with Gasteiger partial charge in [-0.3, -0.25) is 48.7 Å². The van der Waals surface area contributed by atoms with E-state index in [0.29, 0.717) is 97.8 Å². The van der Waals surface area contributed by atoms with Gasteiger partial charge in [0.1, 0.15) is 5.78 Å². The predicted molar refractivity (Wildman–Crippen MR) is 170 cm³/mol. The minimum absolute atomic E-state index is 0.135. The fourth-order valence-corrected chi connectivity index (χ4v) is 5.41. The normalized spacial score (nSPS) is 16.5. The van der Waals surface area contributed by atoms with Gasteiger partial charge in [0.2, 0.25) is 0 Å². The predicted octanol–water partition coefficient (Wildman–Crippen LogP) is 0.694. The quantitative estimate of drug-likeness (QED) is 0.220. The number of carbonyl (C=O) groups excluding carboxylic acids is 1. The zero-order valence-electron chi connectivity index (χ0n) is 26.5. The Balaban J connectivity index is 1.56. The lowest BCUT2D eigenvalue weighted by molar-refractivity contribution is -0.140. The van der Waals surface area contributed by atoms with Gasteiger partial charge >= 0.3 is 17.9 Å². The van der Waals surface area contributed by atoms with Gasteiger partial charge in [-0.25, -0.2) is 0 Å². The maximum absolute atomic E-state index is 13.0. The van der Waals surface area contributed by atoms with Crippen LogP contribution in [0.1, 0.15) is 30.7 Å². The Morgan fingerprint density at radius 2 is 1.02 bits per heavy atom. The first-order chi connectivity index (χ1) is 22.2. The number of rotatable bonds is 17. The first-order valence-electron chi connectivity index (χ1n) is 15.7. The van der Waals surface area contributed by atoms with E-state index in [1.54, 1.807) is 27.1 Å². The van der Waals surface area contributed by atoms with Crippen LogP contribution in [-0.4, -0.2) is 159 Å². The average Bonchev–Trinajstić information content (AvgIpc) is 3.01. The van der Waals surface area contributed by atoms with Crippen molar-refractivity contribution >= 4 is 23.7 Å². The van der Waals surface area contributed by atoms with Crippen molar-refractivity contribution in [1.82, 2.24) is 34.5 Å². The Morgan fingerprint density at radius 1 is 0.609 bits per heavy atom. The van der Waals surface area contributed by atoms with Crippen LogP contribution < -0.4 is 0 Å². The van der Waals surface area contributed by atoms with E-state index in [2.05, 4.69) is 19.8 Å². The Labute approximate surface area is 270 Å². The van der Waals surface area contributed by atoms with E-state index in [9.17, 15) is 34.5 Å². The molecule has 0 radical (unpaired) electrons. The highest BCUT2D eigenvalue weighted by molar-refractivity contribution is 5.78. The number of hydrogen-bond acceptors (Lipinski definition) is 11. The van der Waals surface area contributed by atoms with E-state index in [4.69, 9.17) is 0 Å². The highest BCUT2D eigenvalue weighted by atomic mass is 16.4.